The zero-order valence-electron chi connectivity index (χ0n) is 24.3. The Balaban J connectivity index is 1.37. The van der Waals surface area contributed by atoms with Crippen LogP contribution in [0.4, 0.5) is 27.1 Å². The fourth-order valence-electron chi connectivity index (χ4n) is 5.82. The van der Waals surface area contributed by atoms with E-state index in [0.29, 0.717) is 18.1 Å². The Morgan fingerprint density at radius 3 is 2.50 bits per heavy atom. The fourth-order valence-corrected chi connectivity index (χ4v) is 6.50. The largest absolute Gasteiger partial charge is 0.417 e. The van der Waals surface area contributed by atoms with Crippen molar-refractivity contribution in [3.63, 3.8) is 0 Å². The zero-order valence-corrected chi connectivity index (χ0v) is 25.1. The van der Waals surface area contributed by atoms with Gasteiger partial charge in [-0.05, 0) is 38.3 Å². The highest BCUT2D eigenvalue weighted by Gasteiger charge is 2.36. The van der Waals surface area contributed by atoms with Crippen LogP contribution in [0.3, 0.4) is 0 Å². The number of alkyl halides is 5. The van der Waals surface area contributed by atoms with Gasteiger partial charge in [0, 0.05) is 61.6 Å². The lowest BCUT2D eigenvalue weighted by Crippen LogP contribution is -2.43. The number of anilines is 1. The van der Waals surface area contributed by atoms with Crippen molar-refractivity contribution in [2.24, 2.45) is 0 Å². The molecule has 2 aliphatic rings. The standard InChI is InChI=1S/C30H35F5N6O2S/c1-19-18-36-28(44-19)38-26(42)16-20(10-13-40-14-11-29(31,32)12-15-40)37-27(43)24-17-25(41(39-24)21-6-2-3-7-21)22-8-4-5-9-23(22)30(33,34)35/h4-5,8-9,17-18,20-21H,2-3,6-7,10-16H2,1H3,(H,37,43)(H,36,38,42). The van der Waals surface area contributed by atoms with Gasteiger partial charge in [-0.25, -0.2) is 13.8 Å². The Hall–Kier alpha value is -3.39. The summed E-state index contributed by atoms with van der Waals surface area (Å²) < 4.78 is 70.7. The zero-order chi connectivity index (χ0) is 31.5. The number of hydrogen-bond acceptors (Lipinski definition) is 6. The maximum absolute atomic E-state index is 13.9. The number of carbonyl (C=O) groups excluding carboxylic acids is 2. The van der Waals surface area contributed by atoms with Crippen LogP contribution in [0.1, 0.15) is 78.3 Å². The molecule has 3 heterocycles. The normalized spacial score (nSPS) is 18.3. The summed E-state index contributed by atoms with van der Waals surface area (Å²) in [5.41, 5.74) is -0.722. The van der Waals surface area contributed by atoms with E-state index in [2.05, 4.69) is 20.7 Å². The van der Waals surface area contributed by atoms with E-state index in [4.69, 9.17) is 0 Å². The maximum Gasteiger partial charge on any atom is 0.417 e. The van der Waals surface area contributed by atoms with Crippen LogP contribution in [0.5, 0.6) is 0 Å². The molecule has 3 aromatic rings. The molecule has 1 unspecified atom stereocenters. The van der Waals surface area contributed by atoms with Crippen molar-refractivity contribution < 1.29 is 31.5 Å². The topological polar surface area (TPSA) is 92.2 Å². The summed E-state index contributed by atoms with van der Waals surface area (Å²) in [7, 11) is 0. The molecule has 2 amide bonds. The molecule has 2 aromatic heterocycles. The van der Waals surface area contributed by atoms with Gasteiger partial charge < -0.3 is 15.5 Å². The van der Waals surface area contributed by atoms with Crippen molar-refractivity contribution >= 4 is 28.3 Å². The van der Waals surface area contributed by atoms with Crippen molar-refractivity contribution in [1.29, 1.82) is 0 Å². The number of nitrogens with zero attached hydrogens (tertiary/aromatic N) is 4. The molecule has 8 nitrogen and oxygen atoms in total. The average molecular weight is 639 g/mol. The molecule has 2 N–H and O–H groups in total. The van der Waals surface area contributed by atoms with Gasteiger partial charge in [0.2, 0.25) is 5.91 Å². The number of rotatable bonds is 10. The Morgan fingerprint density at radius 1 is 1.14 bits per heavy atom. The second-order valence-electron chi connectivity index (χ2n) is 11.5. The molecule has 0 radical (unpaired) electrons. The molecule has 1 atom stereocenters. The lowest BCUT2D eigenvalue weighted by Gasteiger charge is -2.32. The number of aryl methyl sites for hydroxylation is 1. The second-order valence-corrected chi connectivity index (χ2v) is 12.8. The van der Waals surface area contributed by atoms with Crippen molar-refractivity contribution in [3.05, 3.63) is 52.7 Å². The third-order valence-corrected chi connectivity index (χ3v) is 8.99. The Labute approximate surface area is 256 Å². The first-order valence-electron chi connectivity index (χ1n) is 14.8. The monoisotopic (exact) mass is 638 g/mol. The number of amides is 2. The third-order valence-electron chi connectivity index (χ3n) is 8.16. The summed E-state index contributed by atoms with van der Waals surface area (Å²) in [6, 6.07) is 5.77. The number of benzene rings is 1. The van der Waals surface area contributed by atoms with Crippen molar-refractivity contribution in [3.8, 4) is 11.3 Å². The quantitative estimate of drug-likeness (QED) is 0.241. The molecule has 5 rings (SSSR count). The highest BCUT2D eigenvalue weighted by molar-refractivity contribution is 7.15. The van der Waals surface area contributed by atoms with Gasteiger partial charge >= 0.3 is 6.18 Å². The molecular weight excluding hydrogens is 603 g/mol. The minimum Gasteiger partial charge on any atom is -0.347 e. The van der Waals surface area contributed by atoms with Crippen LogP contribution in [-0.2, 0) is 11.0 Å². The molecule has 1 aromatic carbocycles. The van der Waals surface area contributed by atoms with Crippen molar-refractivity contribution in [1.82, 2.24) is 25.0 Å². The van der Waals surface area contributed by atoms with E-state index in [1.807, 2.05) is 11.8 Å². The Bertz CT molecular complexity index is 1460. The van der Waals surface area contributed by atoms with Crippen molar-refractivity contribution in [2.45, 2.75) is 82.5 Å². The van der Waals surface area contributed by atoms with Gasteiger partial charge in [-0.1, -0.05) is 31.0 Å². The summed E-state index contributed by atoms with van der Waals surface area (Å²) in [5.74, 6) is -3.71. The number of aromatic nitrogens is 3. The lowest BCUT2D eigenvalue weighted by molar-refractivity contribution is -0.137. The molecule has 44 heavy (non-hydrogen) atoms. The van der Waals surface area contributed by atoms with E-state index in [0.717, 1.165) is 36.6 Å². The van der Waals surface area contributed by atoms with Gasteiger partial charge in [0.15, 0.2) is 10.8 Å². The molecule has 238 valence electrons. The average Bonchev–Trinajstić information content (AvgIpc) is 3.73. The maximum atomic E-state index is 13.9. The minimum absolute atomic E-state index is 0.0533. The van der Waals surface area contributed by atoms with E-state index in [1.165, 1.54) is 40.3 Å². The minimum atomic E-state index is -4.60. The first-order valence-corrected chi connectivity index (χ1v) is 15.6. The predicted molar refractivity (Wildman–Crippen MR) is 157 cm³/mol. The number of carbonyl (C=O) groups is 2. The number of thiazole rings is 1. The molecular formula is C30H35F5N6O2S. The smallest absolute Gasteiger partial charge is 0.347 e. The summed E-state index contributed by atoms with van der Waals surface area (Å²) in [6.07, 6.45) is -0.0119. The van der Waals surface area contributed by atoms with Crippen LogP contribution < -0.4 is 10.6 Å². The van der Waals surface area contributed by atoms with Gasteiger partial charge in [-0.3, -0.25) is 14.3 Å². The van der Waals surface area contributed by atoms with Crippen LogP contribution in [-0.4, -0.2) is 63.1 Å². The molecule has 1 saturated heterocycles. The molecule has 1 aliphatic heterocycles. The lowest BCUT2D eigenvalue weighted by atomic mass is 10.0. The number of piperidine rings is 1. The van der Waals surface area contributed by atoms with E-state index in [1.54, 1.807) is 6.20 Å². The molecule has 1 saturated carbocycles. The summed E-state index contributed by atoms with van der Waals surface area (Å²) in [4.78, 5) is 33.4. The molecule has 0 bridgehead atoms. The Morgan fingerprint density at radius 2 is 1.84 bits per heavy atom. The molecule has 2 fully saturated rings. The highest BCUT2D eigenvalue weighted by Crippen LogP contribution is 2.40. The van der Waals surface area contributed by atoms with Gasteiger partial charge in [0.25, 0.3) is 11.8 Å². The number of nitrogens with one attached hydrogen (secondary N) is 2. The van der Waals surface area contributed by atoms with Crippen molar-refractivity contribution in [2.75, 3.05) is 25.0 Å². The van der Waals surface area contributed by atoms with Crippen LogP contribution in [0.15, 0.2) is 36.5 Å². The summed E-state index contributed by atoms with van der Waals surface area (Å²) in [6.45, 7) is 2.63. The van der Waals surface area contributed by atoms with Gasteiger partial charge in [0.05, 0.1) is 17.3 Å². The number of hydrogen-bond donors (Lipinski definition) is 2. The third kappa shape index (κ3) is 8.00. The van der Waals surface area contributed by atoms with Crippen LogP contribution in [0.2, 0.25) is 0 Å². The molecule has 1 aliphatic carbocycles. The second kappa shape index (κ2) is 13.3. The summed E-state index contributed by atoms with van der Waals surface area (Å²) >= 11 is 1.30. The number of halogens is 5. The fraction of sp³-hybridized carbons (Fsp3) is 0.533. The van der Waals surface area contributed by atoms with Gasteiger partial charge in [-0.15, -0.1) is 11.3 Å². The first-order chi connectivity index (χ1) is 20.9. The highest BCUT2D eigenvalue weighted by atomic mass is 32.1. The van der Waals surface area contributed by atoms with E-state index < -0.39 is 29.6 Å². The first kappa shape index (κ1) is 32.0. The van der Waals surface area contributed by atoms with Gasteiger partial charge in [0.1, 0.15) is 0 Å². The SMILES string of the molecule is Cc1cnc(NC(=O)CC(CCN2CCC(F)(F)CC2)NC(=O)c2cc(-c3ccccc3C(F)(F)F)n(C3CCCC3)n2)s1. The van der Waals surface area contributed by atoms with E-state index in [9.17, 15) is 31.5 Å². The molecule has 0 spiro atoms. The van der Waals surface area contributed by atoms with E-state index >= 15 is 0 Å². The Kier molecular flexibility index (Phi) is 9.68. The predicted octanol–water partition coefficient (Wildman–Crippen LogP) is 6.70. The number of likely N-dealkylation sites (tertiary alicyclic amines) is 1. The molecule has 14 heteroatoms. The van der Waals surface area contributed by atoms with Gasteiger partial charge in [-0.2, -0.15) is 18.3 Å². The summed E-state index contributed by atoms with van der Waals surface area (Å²) in [5, 5.41) is 10.5. The van der Waals surface area contributed by atoms with Crippen LogP contribution in [0, 0.1) is 6.92 Å². The van der Waals surface area contributed by atoms with Crippen LogP contribution in [0.25, 0.3) is 11.3 Å². The van der Waals surface area contributed by atoms with E-state index in [-0.39, 0.29) is 61.3 Å². The van der Waals surface area contributed by atoms with Crippen LogP contribution >= 0.6 is 11.3 Å².